The number of nitrogens with one attached hydrogen (secondary N) is 1. The summed E-state index contributed by atoms with van der Waals surface area (Å²) in [6, 6.07) is 13.1. The molecule has 0 saturated carbocycles. The smallest absolute Gasteiger partial charge is 0.416 e. The maximum atomic E-state index is 12.6. The third-order valence-corrected chi connectivity index (χ3v) is 4.76. The minimum Gasteiger partial charge on any atom is -0.484 e. The second-order valence-corrected chi connectivity index (χ2v) is 6.81. The minimum atomic E-state index is -4.41. The van der Waals surface area contributed by atoms with Crippen LogP contribution < -0.4 is 10.1 Å². The van der Waals surface area contributed by atoms with Gasteiger partial charge in [0, 0.05) is 24.7 Å². The number of hydrogen-bond acceptors (Lipinski definition) is 3. The lowest BCUT2D eigenvalue weighted by Gasteiger charge is -2.32. The summed E-state index contributed by atoms with van der Waals surface area (Å²) in [6.07, 6.45) is -3.15. The van der Waals surface area contributed by atoms with Crippen molar-refractivity contribution in [2.24, 2.45) is 0 Å². The molecular weight excluding hydrogens is 385 g/mol. The fraction of sp³-hybridized carbons (Fsp3) is 0.333. The first-order chi connectivity index (χ1) is 13.8. The van der Waals surface area contributed by atoms with Crippen LogP contribution in [-0.2, 0) is 11.0 Å². The van der Waals surface area contributed by atoms with E-state index < -0.39 is 11.7 Å². The number of carbonyl (C=O) groups is 2. The zero-order chi connectivity index (χ0) is 20.9. The maximum Gasteiger partial charge on any atom is 0.416 e. The van der Waals surface area contributed by atoms with Gasteiger partial charge in [-0.05, 0) is 49.2 Å². The molecule has 2 aromatic rings. The van der Waals surface area contributed by atoms with E-state index in [1.165, 1.54) is 12.1 Å². The van der Waals surface area contributed by atoms with Gasteiger partial charge in [-0.25, -0.2) is 0 Å². The molecule has 5 nitrogen and oxygen atoms in total. The number of likely N-dealkylation sites (tertiary alicyclic amines) is 1. The Labute approximate surface area is 166 Å². The Hall–Kier alpha value is -3.03. The van der Waals surface area contributed by atoms with Gasteiger partial charge in [-0.15, -0.1) is 0 Å². The molecular formula is C21H21F3N2O3. The van der Waals surface area contributed by atoms with E-state index in [2.05, 4.69) is 5.32 Å². The molecule has 1 fully saturated rings. The summed E-state index contributed by atoms with van der Waals surface area (Å²) >= 11 is 0. The average molecular weight is 406 g/mol. The van der Waals surface area contributed by atoms with Gasteiger partial charge in [-0.2, -0.15) is 13.2 Å². The number of amides is 2. The van der Waals surface area contributed by atoms with E-state index in [9.17, 15) is 22.8 Å². The molecule has 1 aliphatic rings. The van der Waals surface area contributed by atoms with Crippen molar-refractivity contribution in [1.29, 1.82) is 0 Å². The quantitative estimate of drug-likeness (QED) is 0.827. The number of piperidine rings is 1. The Kier molecular flexibility index (Phi) is 6.41. The summed E-state index contributed by atoms with van der Waals surface area (Å²) in [7, 11) is 0. The third kappa shape index (κ3) is 5.73. The Morgan fingerprint density at radius 3 is 2.21 bits per heavy atom. The molecule has 2 amide bonds. The van der Waals surface area contributed by atoms with E-state index in [1.807, 2.05) is 6.07 Å². The summed E-state index contributed by atoms with van der Waals surface area (Å²) in [5.74, 6) is -0.171. The van der Waals surface area contributed by atoms with Crippen LogP contribution in [0.3, 0.4) is 0 Å². The van der Waals surface area contributed by atoms with E-state index in [4.69, 9.17) is 4.74 Å². The topological polar surface area (TPSA) is 58.6 Å². The van der Waals surface area contributed by atoms with Crippen LogP contribution in [0.5, 0.6) is 5.75 Å². The van der Waals surface area contributed by atoms with Crippen molar-refractivity contribution in [3.05, 3.63) is 65.7 Å². The van der Waals surface area contributed by atoms with Crippen LogP contribution in [-0.4, -0.2) is 42.5 Å². The number of hydrogen-bond donors (Lipinski definition) is 1. The highest BCUT2D eigenvalue weighted by atomic mass is 19.4. The highest BCUT2D eigenvalue weighted by molar-refractivity contribution is 5.94. The summed E-state index contributed by atoms with van der Waals surface area (Å²) in [5.41, 5.74) is -0.174. The van der Waals surface area contributed by atoms with E-state index in [0.29, 0.717) is 31.5 Å². The maximum absolute atomic E-state index is 12.6. The van der Waals surface area contributed by atoms with E-state index in [0.717, 1.165) is 12.1 Å². The van der Waals surface area contributed by atoms with Crippen molar-refractivity contribution >= 4 is 11.8 Å². The summed E-state index contributed by atoms with van der Waals surface area (Å²) in [4.78, 5) is 26.1. The molecule has 1 N–H and O–H groups in total. The third-order valence-electron chi connectivity index (χ3n) is 4.76. The Morgan fingerprint density at radius 2 is 1.62 bits per heavy atom. The van der Waals surface area contributed by atoms with Crippen molar-refractivity contribution in [2.45, 2.75) is 25.1 Å². The van der Waals surface area contributed by atoms with Crippen LogP contribution in [0.15, 0.2) is 54.6 Å². The molecule has 3 rings (SSSR count). The lowest BCUT2D eigenvalue weighted by molar-refractivity contribution is -0.138. The van der Waals surface area contributed by atoms with Gasteiger partial charge in [-0.1, -0.05) is 18.2 Å². The van der Waals surface area contributed by atoms with E-state index >= 15 is 0 Å². The molecule has 154 valence electrons. The Morgan fingerprint density at radius 1 is 1.00 bits per heavy atom. The highest BCUT2D eigenvalue weighted by Crippen LogP contribution is 2.30. The fourth-order valence-electron chi connectivity index (χ4n) is 3.11. The van der Waals surface area contributed by atoms with E-state index in [-0.39, 0.29) is 30.2 Å². The largest absolute Gasteiger partial charge is 0.484 e. The number of carbonyl (C=O) groups excluding carboxylic acids is 2. The van der Waals surface area contributed by atoms with Crippen LogP contribution >= 0.6 is 0 Å². The molecule has 29 heavy (non-hydrogen) atoms. The fourth-order valence-corrected chi connectivity index (χ4v) is 3.11. The van der Waals surface area contributed by atoms with Crippen molar-refractivity contribution in [3.63, 3.8) is 0 Å². The van der Waals surface area contributed by atoms with Crippen LogP contribution in [0.4, 0.5) is 13.2 Å². The van der Waals surface area contributed by atoms with Crippen molar-refractivity contribution in [2.75, 3.05) is 19.7 Å². The molecule has 1 heterocycles. The number of benzene rings is 2. The van der Waals surface area contributed by atoms with Crippen LogP contribution in [0, 0.1) is 0 Å². The predicted molar refractivity (Wildman–Crippen MR) is 100 cm³/mol. The first kappa shape index (κ1) is 20.7. The molecule has 0 radical (unpaired) electrons. The molecule has 2 aromatic carbocycles. The standard InChI is InChI=1S/C21H21F3N2O3/c22-21(23,24)16-6-8-18(9-7-16)29-14-19(27)26-12-10-17(11-13-26)25-20(28)15-4-2-1-3-5-15/h1-9,17H,10-14H2,(H,25,28). The first-order valence-electron chi connectivity index (χ1n) is 9.26. The molecule has 0 bridgehead atoms. The van der Waals surface area contributed by atoms with Gasteiger partial charge >= 0.3 is 6.18 Å². The van der Waals surface area contributed by atoms with Crippen LogP contribution in [0.2, 0.25) is 0 Å². The van der Waals surface area contributed by atoms with Gasteiger partial charge in [0.1, 0.15) is 5.75 Å². The molecule has 1 aliphatic heterocycles. The lowest BCUT2D eigenvalue weighted by atomic mass is 10.0. The van der Waals surface area contributed by atoms with Gasteiger partial charge in [0.25, 0.3) is 11.8 Å². The monoisotopic (exact) mass is 406 g/mol. The average Bonchev–Trinajstić information content (AvgIpc) is 2.73. The lowest BCUT2D eigenvalue weighted by Crippen LogP contribution is -2.47. The highest BCUT2D eigenvalue weighted by Gasteiger charge is 2.30. The van der Waals surface area contributed by atoms with Crippen molar-refractivity contribution < 1.29 is 27.5 Å². The van der Waals surface area contributed by atoms with Crippen LogP contribution in [0.25, 0.3) is 0 Å². The number of ether oxygens (including phenoxy) is 1. The molecule has 0 spiro atoms. The Bertz CT molecular complexity index is 830. The van der Waals surface area contributed by atoms with Gasteiger partial charge in [0.2, 0.25) is 0 Å². The number of alkyl halides is 3. The predicted octanol–water partition coefficient (Wildman–Crippen LogP) is 3.51. The summed E-state index contributed by atoms with van der Waals surface area (Å²) < 4.78 is 43.0. The number of rotatable bonds is 5. The van der Waals surface area contributed by atoms with Crippen LogP contribution in [0.1, 0.15) is 28.8 Å². The van der Waals surface area contributed by atoms with Crippen molar-refractivity contribution in [3.8, 4) is 5.75 Å². The molecule has 0 unspecified atom stereocenters. The summed E-state index contributed by atoms with van der Waals surface area (Å²) in [5, 5.41) is 2.97. The summed E-state index contributed by atoms with van der Waals surface area (Å²) in [6.45, 7) is 0.719. The zero-order valence-corrected chi connectivity index (χ0v) is 15.6. The second kappa shape index (κ2) is 8.98. The van der Waals surface area contributed by atoms with Gasteiger partial charge in [0.05, 0.1) is 5.56 Å². The zero-order valence-electron chi connectivity index (χ0n) is 15.6. The Balaban J connectivity index is 1.42. The normalized spacial score (nSPS) is 15.1. The molecule has 0 atom stereocenters. The minimum absolute atomic E-state index is 0.0115. The van der Waals surface area contributed by atoms with Gasteiger partial charge in [-0.3, -0.25) is 9.59 Å². The molecule has 8 heteroatoms. The van der Waals surface area contributed by atoms with Gasteiger partial charge in [0.15, 0.2) is 6.61 Å². The SMILES string of the molecule is O=C(NC1CCN(C(=O)COc2ccc(C(F)(F)F)cc2)CC1)c1ccccc1. The molecule has 1 saturated heterocycles. The second-order valence-electron chi connectivity index (χ2n) is 6.81. The molecule has 0 aromatic heterocycles. The van der Waals surface area contributed by atoms with Crippen molar-refractivity contribution in [1.82, 2.24) is 10.2 Å². The van der Waals surface area contributed by atoms with Gasteiger partial charge < -0.3 is 15.0 Å². The van der Waals surface area contributed by atoms with E-state index in [1.54, 1.807) is 29.2 Å². The molecule has 0 aliphatic carbocycles. The first-order valence-corrected chi connectivity index (χ1v) is 9.26. The number of nitrogens with zero attached hydrogens (tertiary/aromatic N) is 1. The number of halogens is 3.